The second-order valence-electron chi connectivity index (χ2n) is 13.8. The zero-order chi connectivity index (χ0) is 37.0. The normalized spacial score (nSPS) is 16.0. The van der Waals surface area contributed by atoms with Crippen LogP contribution in [0.25, 0.3) is 23.0 Å². The van der Waals surface area contributed by atoms with Gasteiger partial charge in [0.15, 0.2) is 40.5 Å². The van der Waals surface area contributed by atoms with Gasteiger partial charge < -0.3 is 34.1 Å². The average Bonchev–Trinajstić information content (AvgIpc) is 3.86. The Bertz CT molecular complexity index is 2040. The highest BCUT2D eigenvalue weighted by molar-refractivity contribution is 6.30. The Morgan fingerprint density at radius 1 is 0.962 bits per heavy atom. The van der Waals surface area contributed by atoms with Crippen LogP contribution in [0.3, 0.4) is 0 Å². The number of aliphatic hydroxyl groups excluding tert-OH is 1. The molecule has 0 aromatic heterocycles. The van der Waals surface area contributed by atoms with E-state index in [0.29, 0.717) is 48.4 Å². The first-order chi connectivity index (χ1) is 24.9. The Hall–Kier alpha value is -4.85. The number of methoxy groups -OCH3 is 1. The van der Waals surface area contributed by atoms with Crippen molar-refractivity contribution in [3.63, 3.8) is 0 Å². The number of hydrogen-bond donors (Lipinski definition) is 3. The van der Waals surface area contributed by atoms with Gasteiger partial charge in [-0.2, -0.15) is 0 Å². The van der Waals surface area contributed by atoms with Gasteiger partial charge in [0.25, 0.3) is 0 Å². The largest absolute Gasteiger partial charge is 0.493 e. The van der Waals surface area contributed by atoms with Crippen LogP contribution in [0.1, 0.15) is 82.6 Å². The molecule has 0 amide bonds. The van der Waals surface area contributed by atoms with Crippen LogP contribution in [0.2, 0.25) is 5.02 Å². The first-order valence-electron chi connectivity index (χ1n) is 17.5. The molecule has 52 heavy (non-hydrogen) atoms. The molecule has 1 fully saturated rings. The summed E-state index contributed by atoms with van der Waals surface area (Å²) in [4.78, 5) is 27.0. The molecule has 0 saturated heterocycles. The maximum Gasteiger partial charge on any atom is 0.166 e. The Morgan fingerprint density at radius 3 is 2.40 bits per heavy atom. The topological polar surface area (TPSA) is 158 Å². The molecule has 0 spiro atoms. The maximum atomic E-state index is 10.2. The van der Waals surface area contributed by atoms with Crippen molar-refractivity contribution in [3.05, 3.63) is 89.1 Å². The van der Waals surface area contributed by atoms with Gasteiger partial charge in [-0.1, -0.05) is 43.6 Å². The van der Waals surface area contributed by atoms with Gasteiger partial charge >= 0.3 is 0 Å². The highest BCUT2D eigenvalue weighted by atomic mass is 35.5. The second-order valence-corrected chi connectivity index (χ2v) is 14.3. The van der Waals surface area contributed by atoms with E-state index in [1.807, 2.05) is 58.5 Å². The van der Waals surface area contributed by atoms with Gasteiger partial charge in [-0.05, 0) is 69.0 Å². The molecule has 1 aliphatic carbocycles. The molecule has 2 atom stereocenters. The van der Waals surface area contributed by atoms with Gasteiger partial charge in [-0.25, -0.2) is 29.9 Å². The third-order valence-electron chi connectivity index (χ3n) is 8.70. The minimum atomic E-state index is -1.12. The number of anilines is 1. The second kappa shape index (κ2) is 15.8. The van der Waals surface area contributed by atoms with Crippen molar-refractivity contribution in [2.45, 2.75) is 90.7 Å². The molecule has 2 aromatic carbocycles. The minimum Gasteiger partial charge on any atom is -0.493 e. The van der Waals surface area contributed by atoms with E-state index in [-0.39, 0.29) is 18.1 Å². The fraction of sp³-hybridized carbons (Fsp3) is 0.421. The summed E-state index contributed by atoms with van der Waals surface area (Å²) in [5.41, 5.74) is 2.43. The number of hydrogen-bond acceptors (Lipinski definition) is 11. The van der Waals surface area contributed by atoms with Crippen LogP contribution >= 0.6 is 11.6 Å². The van der Waals surface area contributed by atoms with Crippen molar-refractivity contribution in [1.82, 2.24) is 39.0 Å². The van der Waals surface area contributed by atoms with Crippen LogP contribution in [0.4, 0.5) is 5.82 Å². The monoisotopic (exact) mass is 727 g/mol. The van der Waals surface area contributed by atoms with Crippen molar-refractivity contribution in [2.75, 3.05) is 19.0 Å². The molecule has 13 nitrogen and oxygen atoms in total. The summed E-state index contributed by atoms with van der Waals surface area (Å²) in [6.07, 6.45) is 7.06. The molecule has 2 aromatic rings. The van der Waals surface area contributed by atoms with Gasteiger partial charge in [-0.15, -0.1) is 0 Å². The molecule has 4 aliphatic heterocycles. The van der Waals surface area contributed by atoms with Gasteiger partial charge in [0.2, 0.25) is 0 Å². The molecule has 5 aliphatic rings. The van der Waals surface area contributed by atoms with Crippen molar-refractivity contribution in [1.29, 1.82) is 0 Å². The first kappa shape index (κ1) is 36.9. The average molecular weight is 728 g/mol. The number of rotatable bonds is 11. The van der Waals surface area contributed by atoms with Crippen LogP contribution in [0.15, 0.2) is 61.3 Å². The smallest absolute Gasteiger partial charge is 0.166 e. The van der Waals surface area contributed by atoms with Crippen LogP contribution in [0, 0.1) is 0 Å². The van der Waals surface area contributed by atoms with Crippen molar-refractivity contribution in [2.24, 2.45) is 0 Å². The summed E-state index contributed by atoms with van der Waals surface area (Å²) >= 11 is 6.08. The van der Waals surface area contributed by atoms with E-state index in [2.05, 4.69) is 44.1 Å². The number of benzene rings is 2. The number of fused-ring (bicyclic) bond motifs is 2. The molecule has 3 N–H and O–H groups in total. The van der Waals surface area contributed by atoms with E-state index in [1.165, 1.54) is 0 Å². The van der Waals surface area contributed by atoms with E-state index >= 15 is 0 Å². The summed E-state index contributed by atoms with van der Waals surface area (Å²) in [5, 5.41) is 24.0. The first-order valence-corrected chi connectivity index (χ1v) is 17.9. The Kier molecular flexibility index (Phi) is 11.2. The van der Waals surface area contributed by atoms with Gasteiger partial charge in [0.05, 0.1) is 45.2 Å². The van der Waals surface area contributed by atoms with E-state index in [1.54, 1.807) is 39.8 Å². The van der Waals surface area contributed by atoms with Crippen molar-refractivity contribution in [3.8, 4) is 34.5 Å². The molecule has 1 saturated carbocycles. The van der Waals surface area contributed by atoms with Crippen LogP contribution in [-0.2, 0) is 18.7 Å². The Balaban J connectivity index is 0.000000183. The van der Waals surface area contributed by atoms with Crippen LogP contribution < -0.4 is 14.8 Å². The molecule has 2 unspecified atom stereocenters. The van der Waals surface area contributed by atoms with Crippen LogP contribution in [-0.4, -0.2) is 75.1 Å². The number of ether oxygens (including phenoxy) is 2. The molecule has 7 rings (SSSR count). The number of halogens is 1. The number of aromatic nitrogens is 8. The highest BCUT2D eigenvalue weighted by Gasteiger charge is 2.27. The molecule has 14 heteroatoms. The lowest BCUT2D eigenvalue weighted by atomic mass is 10.1. The summed E-state index contributed by atoms with van der Waals surface area (Å²) in [7, 11) is 1.61. The van der Waals surface area contributed by atoms with E-state index in [9.17, 15) is 10.2 Å². The minimum absolute atomic E-state index is 0.0119. The molecule has 0 bridgehead atoms. The number of imidazole rings is 2. The van der Waals surface area contributed by atoms with Gasteiger partial charge in [0, 0.05) is 23.9 Å². The fourth-order valence-corrected chi connectivity index (χ4v) is 6.25. The lowest BCUT2D eigenvalue weighted by Gasteiger charge is -2.17. The SMILES string of the molecule is CCNc1ncn(Cc2cccc(Cl)c2)c2nc(C(C)C)nc1-2.COc1ccc(Cn2cncc3nc(C(C)(C)O)nc2-3)cc1OC1CCC(O)C1. The number of nitrogens with zero attached hydrogens (tertiary/aromatic N) is 8. The maximum absolute atomic E-state index is 10.2. The summed E-state index contributed by atoms with van der Waals surface area (Å²) in [6.45, 7) is 11.5. The molecule has 4 heterocycles. The Morgan fingerprint density at radius 2 is 1.73 bits per heavy atom. The fourth-order valence-electron chi connectivity index (χ4n) is 6.04. The third kappa shape index (κ3) is 8.60. The van der Waals surface area contributed by atoms with E-state index in [0.717, 1.165) is 58.7 Å². The van der Waals surface area contributed by atoms with Crippen LogP contribution in [0.5, 0.6) is 11.5 Å². The summed E-state index contributed by atoms with van der Waals surface area (Å²) in [5.74, 6) is 5.10. The zero-order valence-corrected chi connectivity index (χ0v) is 31.2. The lowest BCUT2D eigenvalue weighted by molar-refractivity contribution is 0.0698. The molecule has 0 radical (unpaired) electrons. The van der Waals surface area contributed by atoms with Gasteiger partial charge in [0.1, 0.15) is 23.2 Å². The predicted octanol–water partition coefficient (Wildman–Crippen LogP) is 6.39. The summed E-state index contributed by atoms with van der Waals surface area (Å²) < 4.78 is 15.5. The number of aliphatic hydroxyl groups is 2. The molecule has 274 valence electrons. The lowest BCUT2D eigenvalue weighted by Crippen LogP contribution is -2.17. The standard InChI is InChI=1S/C21H26N4O4.C17H20ClN5/c1-21(2,27)20-23-16-10-22-12-25(19(16)24-20)11-13-4-7-17(28-3)18(8-13)29-15-6-5-14(26)9-15;1-4-19-16-14-17(22-15(21-14)11(2)3)23(10-20-16)9-12-6-5-7-13(18)8-12/h4,7-8,10,12,14-15,26-27H,5-6,9,11H2,1-3H3;5-8,10-11,19H,4,9H2,1-3H3. The molecular formula is C38H46ClN9O4. The Labute approximate surface area is 308 Å². The van der Waals surface area contributed by atoms with Gasteiger partial charge in [-0.3, -0.25) is 0 Å². The van der Waals surface area contributed by atoms with E-state index in [4.69, 9.17) is 26.1 Å². The highest BCUT2D eigenvalue weighted by Crippen LogP contribution is 2.34. The van der Waals surface area contributed by atoms with Crippen molar-refractivity contribution >= 4 is 17.4 Å². The summed E-state index contributed by atoms with van der Waals surface area (Å²) in [6, 6.07) is 13.6. The molecular weight excluding hydrogens is 682 g/mol. The van der Waals surface area contributed by atoms with E-state index < -0.39 is 5.60 Å². The quantitative estimate of drug-likeness (QED) is 0.136. The third-order valence-corrected chi connectivity index (χ3v) is 8.94. The van der Waals surface area contributed by atoms with Crippen molar-refractivity contribution < 1.29 is 19.7 Å². The predicted molar refractivity (Wildman–Crippen MR) is 199 cm³/mol. The zero-order valence-electron chi connectivity index (χ0n) is 30.4. The number of nitrogens with one attached hydrogen (secondary N) is 1.